The van der Waals surface area contributed by atoms with Crippen molar-refractivity contribution in [3.05, 3.63) is 0 Å². The lowest BCUT2D eigenvalue weighted by atomic mass is 10.2. The summed E-state index contributed by atoms with van der Waals surface area (Å²) in [5.74, 6) is -1.26. The van der Waals surface area contributed by atoms with Gasteiger partial charge in [-0.25, -0.2) is 9.59 Å². The van der Waals surface area contributed by atoms with Gasteiger partial charge in [-0.1, -0.05) is 0 Å². The molecule has 19 heavy (non-hydrogen) atoms. The van der Waals surface area contributed by atoms with Gasteiger partial charge in [-0.2, -0.15) is 0 Å². The Labute approximate surface area is 112 Å². The van der Waals surface area contributed by atoms with Gasteiger partial charge in [-0.05, 0) is 12.8 Å². The van der Waals surface area contributed by atoms with Gasteiger partial charge in [-0.3, -0.25) is 4.90 Å². The number of aliphatic hydroxyl groups is 1. The zero-order valence-corrected chi connectivity index (χ0v) is 10.9. The second kappa shape index (κ2) is 6.21. The molecule has 1 unspecified atom stereocenters. The summed E-state index contributed by atoms with van der Waals surface area (Å²) in [5.41, 5.74) is 0. The Bertz CT molecular complexity index is 338. The van der Waals surface area contributed by atoms with Gasteiger partial charge in [0, 0.05) is 45.2 Å². The summed E-state index contributed by atoms with van der Waals surface area (Å²) in [5, 5.41) is 20.2. The number of aliphatic carboxylic acids is 1. The van der Waals surface area contributed by atoms with Crippen LogP contribution in [-0.4, -0.2) is 76.9 Å². The molecule has 1 saturated carbocycles. The van der Waals surface area contributed by atoms with Gasteiger partial charge in [0.2, 0.25) is 0 Å². The fourth-order valence-electron chi connectivity index (χ4n) is 2.28. The number of carboxylic acid groups (broad SMARTS) is 1. The van der Waals surface area contributed by atoms with E-state index in [2.05, 4.69) is 10.2 Å². The van der Waals surface area contributed by atoms with E-state index in [1.54, 1.807) is 4.90 Å². The van der Waals surface area contributed by atoms with E-state index in [0.29, 0.717) is 13.1 Å². The number of hydrogen-bond acceptors (Lipinski definition) is 4. The molecule has 1 heterocycles. The molecular weight excluding hydrogens is 250 g/mol. The van der Waals surface area contributed by atoms with Crippen LogP contribution in [-0.2, 0) is 4.79 Å². The summed E-state index contributed by atoms with van der Waals surface area (Å²) in [6, 6.07) is 0.559. The number of nitrogens with zero attached hydrogens (tertiary/aromatic N) is 2. The maximum absolute atomic E-state index is 11.8. The van der Waals surface area contributed by atoms with E-state index in [0.717, 1.165) is 19.1 Å². The number of piperazine rings is 1. The summed E-state index contributed by atoms with van der Waals surface area (Å²) in [7, 11) is 0. The first-order valence-electron chi connectivity index (χ1n) is 6.75. The van der Waals surface area contributed by atoms with Crippen LogP contribution in [0.1, 0.15) is 19.3 Å². The third-order valence-corrected chi connectivity index (χ3v) is 3.64. The van der Waals surface area contributed by atoms with Gasteiger partial charge in [0.25, 0.3) is 0 Å². The molecule has 0 aromatic rings. The number of amides is 2. The molecule has 0 aromatic carbocycles. The molecule has 2 fully saturated rings. The monoisotopic (exact) mass is 271 g/mol. The summed E-state index contributed by atoms with van der Waals surface area (Å²) in [6.45, 7) is 3.43. The van der Waals surface area contributed by atoms with Crippen LogP contribution in [0, 0.1) is 0 Å². The van der Waals surface area contributed by atoms with Crippen LogP contribution >= 0.6 is 0 Å². The highest BCUT2D eigenvalue weighted by Gasteiger charge is 2.32. The van der Waals surface area contributed by atoms with E-state index in [4.69, 9.17) is 10.2 Å². The van der Waals surface area contributed by atoms with Gasteiger partial charge in [-0.15, -0.1) is 0 Å². The average Bonchev–Trinajstić information content (AvgIpc) is 3.23. The molecule has 0 aromatic heterocycles. The fraction of sp³-hybridized carbons (Fsp3) is 0.833. The number of carboxylic acids is 1. The Morgan fingerprint density at radius 2 is 1.84 bits per heavy atom. The molecule has 0 spiro atoms. The summed E-state index contributed by atoms with van der Waals surface area (Å²) >= 11 is 0. The van der Waals surface area contributed by atoms with E-state index in [-0.39, 0.29) is 19.0 Å². The first-order valence-corrected chi connectivity index (χ1v) is 6.75. The number of carbonyl (C=O) groups is 2. The van der Waals surface area contributed by atoms with E-state index < -0.39 is 12.1 Å². The maximum Gasteiger partial charge on any atom is 0.332 e. The van der Waals surface area contributed by atoms with Crippen molar-refractivity contribution in [3.8, 4) is 0 Å². The minimum Gasteiger partial charge on any atom is -0.479 e. The predicted octanol–water partition coefficient (Wildman–Crippen LogP) is -0.688. The van der Waals surface area contributed by atoms with Gasteiger partial charge < -0.3 is 20.4 Å². The van der Waals surface area contributed by atoms with Crippen molar-refractivity contribution in [3.63, 3.8) is 0 Å². The molecule has 7 heteroatoms. The van der Waals surface area contributed by atoms with Crippen LogP contribution in [0.5, 0.6) is 0 Å². The molecule has 1 atom stereocenters. The first kappa shape index (κ1) is 14.1. The highest BCUT2D eigenvalue weighted by molar-refractivity contribution is 5.74. The second-order valence-corrected chi connectivity index (χ2v) is 5.13. The maximum atomic E-state index is 11.8. The molecule has 1 saturated heterocycles. The van der Waals surface area contributed by atoms with Gasteiger partial charge in [0.15, 0.2) is 6.10 Å². The number of nitrogens with one attached hydrogen (secondary N) is 1. The van der Waals surface area contributed by atoms with Gasteiger partial charge >= 0.3 is 12.0 Å². The Kier molecular flexibility index (Phi) is 4.60. The molecule has 0 bridgehead atoms. The van der Waals surface area contributed by atoms with E-state index >= 15 is 0 Å². The second-order valence-electron chi connectivity index (χ2n) is 5.13. The summed E-state index contributed by atoms with van der Waals surface area (Å²) in [4.78, 5) is 26.4. The van der Waals surface area contributed by atoms with Crippen molar-refractivity contribution in [2.75, 3.05) is 32.7 Å². The lowest BCUT2D eigenvalue weighted by Crippen LogP contribution is -2.52. The lowest BCUT2D eigenvalue weighted by Gasteiger charge is -2.34. The van der Waals surface area contributed by atoms with Gasteiger partial charge in [0.05, 0.1) is 0 Å². The topological polar surface area (TPSA) is 93.1 Å². The standard InChI is InChI=1S/C12H21N3O4/c16-10(11(17)18)3-4-13-12(19)15-7-5-14(6-8-15)9-1-2-9/h9-10,16H,1-8H2,(H,13,19)(H,17,18). The van der Waals surface area contributed by atoms with Crippen molar-refractivity contribution >= 4 is 12.0 Å². The average molecular weight is 271 g/mol. The van der Waals surface area contributed by atoms with Crippen LogP contribution < -0.4 is 5.32 Å². The number of rotatable bonds is 5. The third kappa shape index (κ3) is 4.07. The van der Waals surface area contributed by atoms with Crippen molar-refractivity contribution < 1.29 is 19.8 Å². The fourth-order valence-corrected chi connectivity index (χ4v) is 2.28. The highest BCUT2D eigenvalue weighted by atomic mass is 16.4. The Morgan fingerprint density at radius 1 is 1.21 bits per heavy atom. The van der Waals surface area contributed by atoms with Crippen molar-refractivity contribution in [2.45, 2.75) is 31.4 Å². The van der Waals surface area contributed by atoms with E-state index in [1.165, 1.54) is 12.8 Å². The minimum absolute atomic E-state index is 0.0309. The number of aliphatic hydroxyl groups excluding tert-OH is 1. The summed E-state index contributed by atoms with van der Waals surface area (Å²) < 4.78 is 0. The van der Waals surface area contributed by atoms with Crippen LogP contribution in [0.15, 0.2) is 0 Å². The van der Waals surface area contributed by atoms with Gasteiger partial charge in [0.1, 0.15) is 0 Å². The largest absolute Gasteiger partial charge is 0.479 e. The van der Waals surface area contributed by atoms with E-state index in [1.807, 2.05) is 0 Å². The molecule has 1 aliphatic carbocycles. The normalized spacial score (nSPS) is 22.1. The first-order chi connectivity index (χ1) is 9.08. The molecule has 108 valence electrons. The van der Waals surface area contributed by atoms with Crippen LogP contribution in [0.3, 0.4) is 0 Å². The zero-order chi connectivity index (χ0) is 13.8. The zero-order valence-electron chi connectivity index (χ0n) is 10.9. The van der Waals surface area contributed by atoms with Crippen LogP contribution in [0.2, 0.25) is 0 Å². The van der Waals surface area contributed by atoms with Crippen LogP contribution in [0.4, 0.5) is 4.79 Å². The van der Waals surface area contributed by atoms with Crippen molar-refractivity contribution in [1.82, 2.24) is 15.1 Å². The third-order valence-electron chi connectivity index (χ3n) is 3.64. The Hall–Kier alpha value is -1.34. The lowest BCUT2D eigenvalue weighted by molar-refractivity contribution is -0.146. The SMILES string of the molecule is O=C(O)C(O)CCNC(=O)N1CCN(C2CC2)CC1. The number of urea groups is 1. The smallest absolute Gasteiger partial charge is 0.332 e. The molecule has 2 rings (SSSR count). The molecule has 1 aliphatic heterocycles. The Balaban J connectivity index is 1.62. The predicted molar refractivity (Wildman–Crippen MR) is 67.8 cm³/mol. The quantitative estimate of drug-likeness (QED) is 0.615. The number of hydrogen-bond donors (Lipinski definition) is 3. The van der Waals surface area contributed by atoms with Crippen molar-refractivity contribution in [2.24, 2.45) is 0 Å². The summed E-state index contributed by atoms with van der Waals surface area (Å²) in [6.07, 6.45) is 1.17. The molecule has 2 aliphatic rings. The molecule has 7 nitrogen and oxygen atoms in total. The van der Waals surface area contributed by atoms with Crippen LogP contribution in [0.25, 0.3) is 0 Å². The molecule has 2 amide bonds. The van der Waals surface area contributed by atoms with E-state index in [9.17, 15) is 9.59 Å². The molecule has 0 radical (unpaired) electrons. The molecular formula is C12H21N3O4. The molecule has 3 N–H and O–H groups in total. The highest BCUT2D eigenvalue weighted by Crippen LogP contribution is 2.27. The van der Waals surface area contributed by atoms with Crippen molar-refractivity contribution in [1.29, 1.82) is 0 Å². The Morgan fingerprint density at radius 3 is 2.37 bits per heavy atom. The minimum atomic E-state index is -1.41. The number of carbonyl (C=O) groups excluding carboxylic acids is 1.